The van der Waals surface area contributed by atoms with Crippen molar-refractivity contribution in [1.29, 1.82) is 0 Å². The molecule has 0 aliphatic heterocycles. The van der Waals surface area contributed by atoms with Crippen molar-refractivity contribution in [2.75, 3.05) is 13.2 Å². The number of ether oxygens (including phenoxy) is 2. The molecule has 0 aromatic heterocycles. The number of hydrogen-bond donors (Lipinski definition) is 1. The van der Waals surface area contributed by atoms with E-state index in [1.54, 1.807) is 6.92 Å². The largest absolute Gasteiger partial charge is 0.462 e. The van der Waals surface area contributed by atoms with Crippen LogP contribution in [0.3, 0.4) is 0 Å². The van der Waals surface area contributed by atoms with Crippen LogP contribution in [0, 0.1) is 11.8 Å². The molecule has 3 rings (SSSR count). The van der Waals surface area contributed by atoms with E-state index in [0.29, 0.717) is 17.9 Å². The Kier molecular flexibility index (Phi) is 12.9. The molecule has 1 aliphatic carbocycles. The van der Waals surface area contributed by atoms with Crippen LogP contribution in [0.1, 0.15) is 89.2 Å². The van der Waals surface area contributed by atoms with E-state index in [1.807, 2.05) is 0 Å². The van der Waals surface area contributed by atoms with Crippen LogP contribution in [0.15, 0.2) is 72.8 Å². The van der Waals surface area contributed by atoms with E-state index in [0.717, 1.165) is 17.0 Å². The smallest absolute Gasteiger partial charge is 0.336 e. The number of carbonyl (C=O) groups excluding carboxylic acids is 2. The van der Waals surface area contributed by atoms with Gasteiger partial charge in [0.2, 0.25) is 0 Å². The lowest BCUT2D eigenvalue weighted by Gasteiger charge is -2.29. The van der Waals surface area contributed by atoms with Crippen molar-refractivity contribution in [3.05, 3.63) is 84.0 Å². The van der Waals surface area contributed by atoms with Crippen LogP contribution in [-0.4, -0.2) is 36.4 Å². The standard InChI is InChI=1S/C36H48O5/c1-6-7-8-9-28-10-14-31(15-11-28)33-18-20-34(21-19-33)32-16-12-29(13-17-32)22-30(23-40-35(38)25(2)3)24-41-36(39)26(4)27(5)37/h12-13,16-21,27-28,30-31,37H,2,4,6-11,14-15,22-24H2,1,3,5H3. The predicted molar refractivity (Wildman–Crippen MR) is 165 cm³/mol. The van der Waals surface area contributed by atoms with E-state index >= 15 is 0 Å². The van der Waals surface area contributed by atoms with Gasteiger partial charge in [-0.3, -0.25) is 0 Å². The van der Waals surface area contributed by atoms with Crippen molar-refractivity contribution in [1.82, 2.24) is 0 Å². The molecule has 0 heterocycles. The number of esters is 2. The van der Waals surface area contributed by atoms with E-state index < -0.39 is 18.0 Å². The first-order valence-corrected chi connectivity index (χ1v) is 15.2. The third-order valence-corrected chi connectivity index (χ3v) is 8.27. The Morgan fingerprint density at radius 3 is 1.98 bits per heavy atom. The molecule has 5 nitrogen and oxygen atoms in total. The number of rotatable bonds is 15. The van der Waals surface area contributed by atoms with Gasteiger partial charge in [0.15, 0.2) is 0 Å². The van der Waals surface area contributed by atoms with E-state index in [1.165, 1.54) is 69.4 Å². The molecule has 0 bridgehead atoms. The molecule has 5 heteroatoms. The highest BCUT2D eigenvalue weighted by Crippen LogP contribution is 2.38. The second-order valence-electron chi connectivity index (χ2n) is 11.8. The molecule has 1 saturated carbocycles. The van der Waals surface area contributed by atoms with Gasteiger partial charge in [0.05, 0.1) is 24.9 Å². The van der Waals surface area contributed by atoms with Gasteiger partial charge in [-0.1, -0.05) is 94.3 Å². The van der Waals surface area contributed by atoms with Gasteiger partial charge in [0.25, 0.3) is 0 Å². The van der Waals surface area contributed by atoms with Gasteiger partial charge in [0, 0.05) is 11.5 Å². The minimum absolute atomic E-state index is 0.00635. The number of unbranched alkanes of at least 4 members (excludes halogenated alkanes) is 2. The zero-order valence-corrected chi connectivity index (χ0v) is 25.2. The van der Waals surface area contributed by atoms with Crippen molar-refractivity contribution in [2.24, 2.45) is 11.8 Å². The first-order chi connectivity index (χ1) is 19.7. The molecular formula is C36H48O5. The minimum atomic E-state index is -0.987. The number of carbonyl (C=O) groups is 2. The normalized spacial score (nSPS) is 18.2. The van der Waals surface area contributed by atoms with Crippen LogP contribution in [0.25, 0.3) is 11.1 Å². The van der Waals surface area contributed by atoms with Gasteiger partial charge < -0.3 is 14.6 Å². The fourth-order valence-corrected chi connectivity index (χ4v) is 5.52. The molecule has 1 fully saturated rings. The molecule has 1 N–H and O–H groups in total. The van der Waals surface area contributed by atoms with Crippen molar-refractivity contribution in [3.63, 3.8) is 0 Å². The molecule has 222 valence electrons. The molecule has 1 aliphatic rings. The van der Waals surface area contributed by atoms with Crippen LogP contribution < -0.4 is 0 Å². The molecule has 41 heavy (non-hydrogen) atoms. The summed E-state index contributed by atoms with van der Waals surface area (Å²) in [6, 6.07) is 17.4. The summed E-state index contributed by atoms with van der Waals surface area (Å²) in [5.74, 6) is 0.209. The van der Waals surface area contributed by atoms with E-state index in [2.05, 4.69) is 68.6 Å². The summed E-state index contributed by atoms with van der Waals surface area (Å²) < 4.78 is 10.7. The number of aliphatic hydroxyl groups excluding tert-OH is 1. The predicted octanol–water partition coefficient (Wildman–Crippen LogP) is 7.97. The summed E-state index contributed by atoms with van der Waals surface area (Å²) in [6.07, 6.45) is 10.3. The van der Waals surface area contributed by atoms with Crippen molar-refractivity contribution in [3.8, 4) is 11.1 Å². The molecular weight excluding hydrogens is 512 g/mol. The molecule has 0 amide bonds. The molecule has 0 radical (unpaired) electrons. The Balaban J connectivity index is 1.58. The molecule has 0 spiro atoms. The van der Waals surface area contributed by atoms with Crippen molar-refractivity contribution >= 4 is 11.9 Å². The van der Waals surface area contributed by atoms with Crippen LogP contribution >= 0.6 is 0 Å². The number of aliphatic hydroxyl groups is 1. The van der Waals surface area contributed by atoms with Crippen LogP contribution in [-0.2, 0) is 25.5 Å². The molecule has 2 unspecified atom stereocenters. The zero-order valence-electron chi connectivity index (χ0n) is 25.2. The highest BCUT2D eigenvalue weighted by molar-refractivity contribution is 5.88. The summed E-state index contributed by atoms with van der Waals surface area (Å²) >= 11 is 0. The quantitative estimate of drug-likeness (QED) is 0.136. The van der Waals surface area contributed by atoms with Gasteiger partial charge >= 0.3 is 11.9 Å². The van der Waals surface area contributed by atoms with Gasteiger partial charge in [-0.05, 0) is 80.0 Å². The van der Waals surface area contributed by atoms with Gasteiger partial charge in [-0.2, -0.15) is 0 Å². The highest BCUT2D eigenvalue weighted by atomic mass is 16.5. The molecule has 2 aromatic rings. The van der Waals surface area contributed by atoms with E-state index in [-0.39, 0.29) is 24.7 Å². The van der Waals surface area contributed by atoms with Gasteiger partial charge in [-0.15, -0.1) is 0 Å². The third-order valence-electron chi connectivity index (χ3n) is 8.27. The third kappa shape index (κ3) is 10.3. The van der Waals surface area contributed by atoms with Crippen molar-refractivity contribution < 1.29 is 24.2 Å². The maximum absolute atomic E-state index is 12.2. The van der Waals surface area contributed by atoms with Crippen LogP contribution in [0.2, 0.25) is 0 Å². The maximum Gasteiger partial charge on any atom is 0.336 e. The monoisotopic (exact) mass is 560 g/mol. The SMILES string of the molecule is C=C(C)C(=O)OCC(COC(=O)C(=C)C(C)O)Cc1ccc(-c2ccc(C3CCC(CCCCC)CC3)cc2)cc1. The molecule has 0 saturated heterocycles. The molecule has 2 atom stereocenters. The summed E-state index contributed by atoms with van der Waals surface area (Å²) in [5.41, 5.74) is 5.14. The number of hydrogen-bond acceptors (Lipinski definition) is 5. The fraction of sp³-hybridized carbons (Fsp3) is 0.500. The first kappa shape index (κ1) is 32.3. The summed E-state index contributed by atoms with van der Waals surface area (Å²) in [6.45, 7) is 12.7. The van der Waals surface area contributed by atoms with Gasteiger partial charge in [0.1, 0.15) is 0 Å². The zero-order chi connectivity index (χ0) is 29.8. The van der Waals surface area contributed by atoms with Gasteiger partial charge in [-0.25, -0.2) is 9.59 Å². The van der Waals surface area contributed by atoms with Crippen molar-refractivity contribution in [2.45, 2.75) is 90.6 Å². The average Bonchev–Trinajstić information content (AvgIpc) is 2.98. The van der Waals surface area contributed by atoms with E-state index in [4.69, 9.17) is 9.47 Å². The second-order valence-corrected chi connectivity index (χ2v) is 11.8. The maximum atomic E-state index is 12.2. The Hall–Kier alpha value is -3.18. The summed E-state index contributed by atoms with van der Waals surface area (Å²) in [4.78, 5) is 24.1. The first-order valence-electron chi connectivity index (χ1n) is 15.2. The Morgan fingerprint density at radius 2 is 1.44 bits per heavy atom. The Morgan fingerprint density at radius 1 is 0.878 bits per heavy atom. The Bertz CT molecular complexity index is 1140. The summed E-state index contributed by atoms with van der Waals surface area (Å²) in [5, 5.41) is 9.59. The number of benzene rings is 2. The van der Waals surface area contributed by atoms with E-state index in [9.17, 15) is 14.7 Å². The second kappa shape index (κ2) is 16.3. The lowest BCUT2D eigenvalue weighted by Crippen LogP contribution is -2.25. The average molecular weight is 561 g/mol. The van der Waals surface area contributed by atoms with Crippen LogP contribution in [0.5, 0.6) is 0 Å². The lowest BCUT2D eigenvalue weighted by atomic mass is 9.77. The topological polar surface area (TPSA) is 72.8 Å². The Labute approximate surface area is 246 Å². The summed E-state index contributed by atoms with van der Waals surface area (Å²) in [7, 11) is 0. The minimum Gasteiger partial charge on any atom is -0.462 e. The highest BCUT2D eigenvalue weighted by Gasteiger charge is 2.22. The fourth-order valence-electron chi connectivity index (χ4n) is 5.52. The lowest BCUT2D eigenvalue weighted by molar-refractivity contribution is -0.144. The van der Waals surface area contributed by atoms with Crippen LogP contribution in [0.4, 0.5) is 0 Å². The molecule has 2 aromatic carbocycles.